The van der Waals surface area contributed by atoms with Crippen molar-refractivity contribution in [3.8, 4) is 0 Å². The number of benzene rings is 2. The van der Waals surface area contributed by atoms with E-state index >= 15 is 0 Å². The smallest absolute Gasteiger partial charge is 0.0175 e. The topological polar surface area (TPSA) is 12.0 Å². The lowest BCUT2D eigenvalue weighted by Crippen LogP contribution is -2.34. The van der Waals surface area contributed by atoms with E-state index in [1.165, 1.54) is 17.5 Å². The Labute approximate surface area is 135 Å². The maximum absolute atomic E-state index is 3.57. The van der Waals surface area contributed by atoms with Crippen LogP contribution in [0.2, 0.25) is 0 Å². The van der Waals surface area contributed by atoms with Gasteiger partial charge in [-0.15, -0.1) is 0 Å². The first-order chi connectivity index (χ1) is 10.3. The van der Waals surface area contributed by atoms with Crippen molar-refractivity contribution in [1.82, 2.24) is 5.32 Å². The first kappa shape index (κ1) is 14.8. The van der Waals surface area contributed by atoms with Crippen LogP contribution < -0.4 is 5.32 Å². The van der Waals surface area contributed by atoms with Gasteiger partial charge in [0, 0.05) is 16.9 Å². The van der Waals surface area contributed by atoms with Crippen molar-refractivity contribution >= 4 is 15.9 Å². The molecule has 1 N–H and O–H groups in total. The molecule has 1 nitrogen and oxygen atoms in total. The minimum Gasteiger partial charge on any atom is -0.316 e. The molecule has 1 heterocycles. The predicted octanol–water partition coefficient (Wildman–Crippen LogP) is 4.87. The first-order valence-corrected chi connectivity index (χ1v) is 8.63. The van der Waals surface area contributed by atoms with Crippen molar-refractivity contribution in [3.05, 3.63) is 69.7 Å². The third kappa shape index (κ3) is 3.22. The average molecular weight is 344 g/mol. The van der Waals surface area contributed by atoms with Gasteiger partial charge in [0.15, 0.2) is 0 Å². The zero-order chi connectivity index (χ0) is 14.7. The molecule has 2 aromatic rings. The van der Waals surface area contributed by atoms with Gasteiger partial charge in [-0.2, -0.15) is 0 Å². The summed E-state index contributed by atoms with van der Waals surface area (Å²) in [6, 6.07) is 17.8. The Bertz CT molecular complexity index is 591. The van der Waals surface area contributed by atoms with Crippen LogP contribution in [0.25, 0.3) is 0 Å². The third-order valence-corrected chi connectivity index (χ3v) is 5.14. The van der Waals surface area contributed by atoms with Crippen LogP contribution in [0.5, 0.6) is 0 Å². The molecule has 21 heavy (non-hydrogen) atoms. The molecule has 0 amide bonds. The van der Waals surface area contributed by atoms with Crippen LogP contribution >= 0.6 is 15.9 Å². The third-order valence-electron chi connectivity index (χ3n) is 4.62. The molecule has 0 aromatic heterocycles. The fourth-order valence-corrected chi connectivity index (χ4v) is 3.77. The van der Waals surface area contributed by atoms with Gasteiger partial charge in [-0.05, 0) is 54.1 Å². The average Bonchev–Trinajstić information content (AvgIpc) is 2.55. The predicted molar refractivity (Wildman–Crippen MR) is 92.9 cm³/mol. The van der Waals surface area contributed by atoms with Gasteiger partial charge in [-0.3, -0.25) is 0 Å². The molecule has 1 fully saturated rings. The number of hydrogen-bond acceptors (Lipinski definition) is 1. The first-order valence-electron chi connectivity index (χ1n) is 7.83. The monoisotopic (exact) mass is 343 g/mol. The van der Waals surface area contributed by atoms with Crippen LogP contribution in [0.1, 0.15) is 41.9 Å². The molecule has 2 aromatic carbocycles. The number of aryl methyl sites for hydroxylation is 1. The molecule has 0 radical (unpaired) electrons. The van der Waals surface area contributed by atoms with Crippen LogP contribution in [0.4, 0.5) is 0 Å². The minimum absolute atomic E-state index is 0.569. The lowest BCUT2D eigenvalue weighted by molar-refractivity contribution is 0.402. The number of rotatable bonds is 3. The summed E-state index contributed by atoms with van der Waals surface area (Å²) in [5, 5.41) is 3.57. The van der Waals surface area contributed by atoms with Crippen molar-refractivity contribution in [2.24, 2.45) is 0 Å². The number of hydrogen-bond donors (Lipinski definition) is 1. The van der Waals surface area contributed by atoms with Crippen LogP contribution in [0.3, 0.4) is 0 Å². The Hall–Kier alpha value is -1.12. The summed E-state index contributed by atoms with van der Waals surface area (Å²) in [6.45, 7) is 4.45. The molecule has 0 saturated carbocycles. The summed E-state index contributed by atoms with van der Waals surface area (Å²) in [5.41, 5.74) is 4.50. The molecule has 110 valence electrons. The van der Waals surface area contributed by atoms with E-state index in [4.69, 9.17) is 0 Å². The molecule has 2 heteroatoms. The second-order valence-electron chi connectivity index (χ2n) is 5.81. The van der Waals surface area contributed by atoms with Gasteiger partial charge in [-0.25, -0.2) is 0 Å². The lowest BCUT2D eigenvalue weighted by Gasteiger charge is -2.34. The summed E-state index contributed by atoms with van der Waals surface area (Å²) in [5.74, 6) is 1.20. The lowest BCUT2D eigenvalue weighted by atomic mass is 9.76. The summed E-state index contributed by atoms with van der Waals surface area (Å²) < 4.78 is 1.15. The Kier molecular flexibility index (Phi) is 4.77. The van der Waals surface area contributed by atoms with E-state index in [9.17, 15) is 0 Å². The van der Waals surface area contributed by atoms with Gasteiger partial charge in [0.2, 0.25) is 0 Å². The van der Waals surface area contributed by atoms with Crippen LogP contribution in [-0.2, 0) is 6.42 Å². The second kappa shape index (κ2) is 6.76. The van der Waals surface area contributed by atoms with E-state index in [0.29, 0.717) is 11.8 Å². The van der Waals surface area contributed by atoms with Crippen molar-refractivity contribution < 1.29 is 0 Å². The van der Waals surface area contributed by atoms with E-state index in [-0.39, 0.29) is 0 Å². The van der Waals surface area contributed by atoms with E-state index in [0.717, 1.165) is 24.0 Å². The van der Waals surface area contributed by atoms with Crippen LogP contribution in [0.15, 0.2) is 53.0 Å². The fourth-order valence-electron chi connectivity index (χ4n) is 3.51. The molecule has 1 aliphatic rings. The standard InChI is InChI=1S/C19H22BrN/c1-2-14-5-3-4-6-17(14)18-11-12-21-13-19(18)15-7-9-16(20)10-8-15/h3-10,18-19,21H,2,11-13H2,1H3. The van der Waals surface area contributed by atoms with Gasteiger partial charge >= 0.3 is 0 Å². The summed E-state index contributed by atoms with van der Waals surface area (Å²) in [6.07, 6.45) is 2.34. The SMILES string of the molecule is CCc1ccccc1C1CCNCC1c1ccc(Br)cc1. The Morgan fingerprint density at radius 1 is 1.05 bits per heavy atom. The Morgan fingerprint density at radius 3 is 2.57 bits per heavy atom. The van der Waals surface area contributed by atoms with Crippen LogP contribution in [0, 0.1) is 0 Å². The zero-order valence-electron chi connectivity index (χ0n) is 12.5. The largest absolute Gasteiger partial charge is 0.316 e. The van der Waals surface area contributed by atoms with E-state index < -0.39 is 0 Å². The molecular weight excluding hydrogens is 322 g/mol. The maximum atomic E-state index is 3.57. The van der Waals surface area contributed by atoms with E-state index in [1.54, 1.807) is 5.56 Å². The van der Waals surface area contributed by atoms with E-state index in [1.807, 2.05) is 0 Å². The normalized spacial score (nSPS) is 22.2. The maximum Gasteiger partial charge on any atom is 0.0175 e. The molecule has 0 aliphatic carbocycles. The number of nitrogens with one attached hydrogen (secondary N) is 1. The molecule has 2 unspecified atom stereocenters. The Balaban J connectivity index is 1.96. The van der Waals surface area contributed by atoms with Crippen LogP contribution in [-0.4, -0.2) is 13.1 Å². The summed E-state index contributed by atoms with van der Waals surface area (Å²) in [7, 11) is 0. The minimum atomic E-state index is 0.569. The molecule has 2 atom stereocenters. The van der Waals surface area contributed by atoms with Gasteiger partial charge in [0.05, 0.1) is 0 Å². The highest BCUT2D eigenvalue weighted by atomic mass is 79.9. The zero-order valence-corrected chi connectivity index (χ0v) is 14.1. The molecule has 0 spiro atoms. The summed E-state index contributed by atoms with van der Waals surface area (Å²) in [4.78, 5) is 0. The fraction of sp³-hybridized carbons (Fsp3) is 0.368. The van der Waals surface area contributed by atoms with Gasteiger partial charge in [0.25, 0.3) is 0 Å². The van der Waals surface area contributed by atoms with Crippen molar-refractivity contribution in [3.63, 3.8) is 0 Å². The van der Waals surface area contributed by atoms with Gasteiger partial charge < -0.3 is 5.32 Å². The van der Waals surface area contributed by atoms with Crippen molar-refractivity contribution in [2.75, 3.05) is 13.1 Å². The van der Waals surface area contributed by atoms with Gasteiger partial charge in [0.1, 0.15) is 0 Å². The van der Waals surface area contributed by atoms with Crippen molar-refractivity contribution in [2.45, 2.75) is 31.6 Å². The second-order valence-corrected chi connectivity index (χ2v) is 6.73. The quantitative estimate of drug-likeness (QED) is 0.837. The molecular formula is C19H22BrN. The number of piperidine rings is 1. The van der Waals surface area contributed by atoms with E-state index in [2.05, 4.69) is 76.7 Å². The highest BCUT2D eigenvalue weighted by Crippen LogP contribution is 2.39. The Morgan fingerprint density at radius 2 is 1.81 bits per heavy atom. The molecule has 0 bridgehead atoms. The number of halogens is 1. The van der Waals surface area contributed by atoms with Gasteiger partial charge in [-0.1, -0.05) is 59.3 Å². The highest BCUT2D eigenvalue weighted by molar-refractivity contribution is 9.10. The summed E-state index contributed by atoms with van der Waals surface area (Å²) >= 11 is 3.54. The van der Waals surface area contributed by atoms with Crippen molar-refractivity contribution in [1.29, 1.82) is 0 Å². The molecule has 1 aliphatic heterocycles. The molecule has 1 saturated heterocycles. The molecule has 3 rings (SSSR count). The highest BCUT2D eigenvalue weighted by Gasteiger charge is 2.28.